The Bertz CT molecular complexity index is 1170. The fourth-order valence-corrected chi connectivity index (χ4v) is 4.44. The van der Waals surface area contributed by atoms with Gasteiger partial charge in [0.15, 0.2) is 0 Å². The second-order valence-corrected chi connectivity index (χ2v) is 8.49. The van der Waals surface area contributed by atoms with Crippen LogP contribution in [0.3, 0.4) is 0 Å². The van der Waals surface area contributed by atoms with E-state index in [-0.39, 0.29) is 25.3 Å². The molecule has 5 heterocycles. The van der Waals surface area contributed by atoms with E-state index in [4.69, 9.17) is 23.9 Å². The number of hydrogen-bond donors (Lipinski definition) is 0. The number of carbonyl (C=O) groups is 1. The van der Waals surface area contributed by atoms with Gasteiger partial charge in [-0.05, 0) is 13.0 Å². The third-order valence-corrected chi connectivity index (χ3v) is 6.37. The molecule has 1 atom stereocenters. The Labute approximate surface area is 199 Å². The number of ether oxygens (including phenoxy) is 4. The van der Waals surface area contributed by atoms with Gasteiger partial charge >= 0.3 is 0 Å². The molecule has 9 heteroatoms. The Morgan fingerprint density at radius 2 is 2.06 bits per heavy atom. The Kier molecular flexibility index (Phi) is 6.76. The zero-order valence-electron chi connectivity index (χ0n) is 19.1. The van der Waals surface area contributed by atoms with E-state index in [1.807, 2.05) is 24.4 Å². The number of carbonyl (C=O) groups excluding carboxylic acids is 1. The Morgan fingerprint density at radius 3 is 2.67 bits per heavy atom. The molecule has 0 spiro atoms. The second kappa shape index (κ2) is 9.42. The van der Waals surface area contributed by atoms with Gasteiger partial charge in [-0.15, -0.1) is 0 Å². The van der Waals surface area contributed by atoms with Crippen LogP contribution in [0.2, 0.25) is 0 Å². The lowest BCUT2D eigenvalue weighted by Crippen LogP contribution is -2.30. The largest absolute Gasteiger partial charge is 0.497 e. The minimum atomic E-state index is -0.592. The lowest BCUT2D eigenvalue weighted by atomic mass is 9.96. The van der Waals surface area contributed by atoms with Crippen molar-refractivity contribution in [3.63, 3.8) is 0 Å². The molecule has 0 bridgehead atoms. The summed E-state index contributed by atoms with van der Waals surface area (Å²) in [6.07, 6.45) is 4.98. The molecule has 2 saturated heterocycles. The number of nitrogens with zero attached hydrogens (tertiary/aromatic N) is 3. The van der Waals surface area contributed by atoms with Gasteiger partial charge in [-0.25, -0.2) is 4.98 Å². The third-order valence-electron chi connectivity index (χ3n) is 6.37. The molecule has 5 rings (SSSR count). The van der Waals surface area contributed by atoms with E-state index >= 15 is 0 Å². The van der Waals surface area contributed by atoms with E-state index in [9.17, 15) is 4.79 Å². The normalized spacial score (nSPS) is 20.5. The highest BCUT2D eigenvalue weighted by atomic mass is 32.1. The number of methoxy groups -OCH3 is 2. The lowest BCUT2D eigenvalue weighted by molar-refractivity contribution is -0.116. The number of pyridine rings is 2. The van der Waals surface area contributed by atoms with Gasteiger partial charge in [-0.3, -0.25) is 9.78 Å². The molecule has 2 fully saturated rings. The molecule has 3 aromatic rings. The predicted octanol–water partition coefficient (Wildman–Crippen LogP) is 3.18. The highest BCUT2D eigenvalue weighted by molar-refractivity contribution is 7.59. The molecule has 0 saturated carbocycles. The van der Waals surface area contributed by atoms with Gasteiger partial charge in [0.1, 0.15) is 17.1 Å². The molecular formula is C24H29N3O5S. The van der Waals surface area contributed by atoms with Crippen LogP contribution in [0.25, 0.3) is 22.2 Å². The van der Waals surface area contributed by atoms with E-state index in [1.165, 1.54) is 0 Å². The first kappa shape index (κ1) is 23.7. The van der Waals surface area contributed by atoms with Crippen LogP contribution in [-0.2, 0) is 31.0 Å². The topological polar surface area (TPSA) is 84.7 Å². The van der Waals surface area contributed by atoms with Gasteiger partial charge < -0.3 is 23.5 Å². The summed E-state index contributed by atoms with van der Waals surface area (Å²) in [5, 5.41) is 1.00. The Balaban J connectivity index is 0.00000259. The molecule has 2 aliphatic rings. The van der Waals surface area contributed by atoms with Gasteiger partial charge in [-0.2, -0.15) is 13.5 Å². The van der Waals surface area contributed by atoms with Crippen LogP contribution >= 0.6 is 13.5 Å². The van der Waals surface area contributed by atoms with Crippen molar-refractivity contribution in [1.82, 2.24) is 14.5 Å². The maximum absolute atomic E-state index is 11.7. The Morgan fingerprint density at radius 1 is 1.24 bits per heavy atom. The van der Waals surface area contributed by atoms with Gasteiger partial charge in [0.05, 0.1) is 56.1 Å². The van der Waals surface area contributed by atoms with Crippen LogP contribution in [0.4, 0.5) is 0 Å². The number of hydrogen-bond acceptors (Lipinski definition) is 7. The van der Waals surface area contributed by atoms with Crippen molar-refractivity contribution < 1.29 is 23.7 Å². The van der Waals surface area contributed by atoms with Crippen molar-refractivity contribution in [2.45, 2.75) is 31.4 Å². The molecule has 8 nitrogen and oxygen atoms in total. The fraction of sp³-hybridized carbons (Fsp3) is 0.458. The number of ketones is 1. The van der Waals surface area contributed by atoms with Gasteiger partial charge in [0.25, 0.3) is 0 Å². The number of fused-ring (bicyclic) bond motifs is 1. The molecule has 3 aromatic heterocycles. The second-order valence-electron chi connectivity index (χ2n) is 8.49. The van der Waals surface area contributed by atoms with Crippen molar-refractivity contribution in [1.29, 1.82) is 0 Å². The fourth-order valence-electron chi connectivity index (χ4n) is 4.44. The summed E-state index contributed by atoms with van der Waals surface area (Å²) in [6, 6.07) is 6.10. The maximum atomic E-state index is 11.7. The van der Waals surface area contributed by atoms with Crippen LogP contribution in [0.1, 0.15) is 30.8 Å². The molecule has 0 unspecified atom stereocenters. The summed E-state index contributed by atoms with van der Waals surface area (Å²) in [6.45, 7) is 3.99. The SMILES string of the molecule is COc1cc(-c2cn(C3COC3)c3cnc(CC(C)=O)cc23)nc([C@@]2(OC)CCOC2)c1.S. The smallest absolute Gasteiger partial charge is 0.135 e. The van der Waals surface area contributed by atoms with E-state index in [1.54, 1.807) is 21.1 Å². The molecular weight excluding hydrogens is 442 g/mol. The summed E-state index contributed by atoms with van der Waals surface area (Å²) in [7, 11) is 3.34. The van der Waals surface area contributed by atoms with Crippen LogP contribution < -0.4 is 4.74 Å². The van der Waals surface area contributed by atoms with E-state index in [2.05, 4.69) is 15.7 Å². The van der Waals surface area contributed by atoms with E-state index < -0.39 is 5.60 Å². The average Bonchev–Trinajstić information content (AvgIpc) is 3.38. The summed E-state index contributed by atoms with van der Waals surface area (Å²) in [4.78, 5) is 21.2. The molecule has 2 aliphatic heterocycles. The van der Waals surface area contributed by atoms with E-state index in [0.717, 1.165) is 40.0 Å². The highest BCUT2D eigenvalue weighted by Gasteiger charge is 2.39. The lowest BCUT2D eigenvalue weighted by Gasteiger charge is -2.28. The molecule has 0 aliphatic carbocycles. The van der Waals surface area contributed by atoms with Crippen molar-refractivity contribution in [3.8, 4) is 17.0 Å². The van der Waals surface area contributed by atoms with Crippen molar-refractivity contribution >= 4 is 30.2 Å². The standard InChI is InChI=1S/C24H27N3O5.H2S/c1-15(28)6-16-7-19-20(11-27(17-12-32-13-17)22(19)10-25-16)21-8-18(29-2)9-23(26-21)24(30-3)4-5-31-14-24;/h7-11,17H,4-6,12-14H2,1-3H3;1H2/t24-;/m1./s1. The molecule has 0 radical (unpaired) electrons. The molecule has 33 heavy (non-hydrogen) atoms. The minimum Gasteiger partial charge on any atom is -0.497 e. The summed E-state index contributed by atoms with van der Waals surface area (Å²) < 4.78 is 24.8. The molecule has 176 valence electrons. The summed E-state index contributed by atoms with van der Waals surface area (Å²) >= 11 is 0. The van der Waals surface area contributed by atoms with Gasteiger partial charge in [-0.1, -0.05) is 0 Å². The first-order valence-electron chi connectivity index (χ1n) is 10.8. The van der Waals surface area contributed by atoms with Crippen molar-refractivity contribution in [2.24, 2.45) is 0 Å². The van der Waals surface area contributed by atoms with Crippen LogP contribution in [0.5, 0.6) is 5.75 Å². The average molecular weight is 472 g/mol. The minimum absolute atomic E-state index is 0. The number of rotatable bonds is 7. The van der Waals surface area contributed by atoms with E-state index in [0.29, 0.717) is 38.6 Å². The van der Waals surface area contributed by atoms with Crippen LogP contribution in [0, 0.1) is 0 Å². The number of Topliss-reactive ketones (excluding diaryl/α,β-unsaturated/α-hetero) is 1. The molecule has 0 aromatic carbocycles. The predicted molar refractivity (Wildman–Crippen MR) is 128 cm³/mol. The van der Waals surface area contributed by atoms with Gasteiger partial charge in [0.2, 0.25) is 0 Å². The Hall–Kier alpha value is -2.46. The first-order chi connectivity index (χ1) is 15.5. The summed E-state index contributed by atoms with van der Waals surface area (Å²) in [5.74, 6) is 0.787. The maximum Gasteiger partial charge on any atom is 0.135 e. The van der Waals surface area contributed by atoms with Gasteiger partial charge in [0, 0.05) is 61.5 Å². The van der Waals surface area contributed by atoms with Crippen molar-refractivity contribution in [3.05, 3.63) is 42.0 Å². The monoisotopic (exact) mass is 471 g/mol. The zero-order valence-corrected chi connectivity index (χ0v) is 20.1. The van der Waals surface area contributed by atoms with Crippen molar-refractivity contribution in [2.75, 3.05) is 40.6 Å². The third kappa shape index (κ3) is 4.26. The molecule has 0 N–H and O–H groups in total. The highest BCUT2D eigenvalue weighted by Crippen LogP contribution is 2.39. The number of aromatic nitrogens is 3. The quantitative estimate of drug-likeness (QED) is 0.523. The molecule has 0 amide bonds. The van der Waals surface area contributed by atoms with Crippen LogP contribution in [0.15, 0.2) is 30.6 Å². The summed E-state index contributed by atoms with van der Waals surface area (Å²) in [5.41, 5.74) is 3.69. The van der Waals surface area contributed by atoms with Crippen LogP contribution in [-0.4, -0.2) is 61.0 Å². The zero-order chi connectivity index (χ0) is 22.3. The first-order valence-corrected chi connectivity index (χ1v) is 10.8.